The summed E-state index contributed by atoms with van der Waals surface area (Å²) in [6.07, 6.45) is 4.19. The Morgan fingerprint density at radius 2 is 2.29 bits per heavy atom. The summed E-state index contributed by atoms with van der Waals surface area (Å²) in [6.45, 7) is 1.58. The third-order valence-corrected chi connectivity index (χ3v) is 1.77. The average molecular weight is 191 g/mol. The molecule has 2 aliphatic heterocycles. The number of rotatable bonds is 0. The smallest absolute Gasteiger partial charge is 0.344 e. The lowest BCUT2D eigenvalue weighted by atomic mass is 10.0. The van der Waals surface area contributed by atoms with Crippen LogP contribution in [0.2, 0.25) is 0 Å². The highest BCUT2D eigenvalue weighted by Gasteiger charge is 2.29. The average Bonchev–Trinajstić information content (AvgIpc) is 2.54. The second-order valence-electron chi connectivity index (χ2n) is 2.82. The first-order valence-corrected chi connectivity index (χ1v) is 3.97. The molecule has 0 saturated heterocycles. The van der Waals surface area contributed by atoms with Gasteiger partial charge in [0.15, 0.2) is 6.10 Å². The zero-order valence-corrected chi connectivity index (χ0v) is 7.39. The van der Waals surface area contributed by atoms with Gasteiger partial charge in [0, 0.05) is 0 Å². The first kappa shape index (κ1) is 8.83. The van der Waals surface area contributed by atoms with E-state index in [1.54, 1.807) is 6.92 Å². The van der Waals surface area contributed by atoms with Gasteiger partial charge in [0.2, 0.25) is 0 Å². The molecular formula is C9H7N2O3. The number of nitrogens with zero attached hydrogens (tertiary/aromatic N) is 2. The normalized spacial score (nSPS) is 26.7. The summed E-state index contributed by atoms with van der Waals surface area (Å²) < 4.78 is 4.83. The molecule has 0 aliphatic carbocycles. The highest BCUT2D eigenvalue weighted by atomic mass is 16.5. The van der Waals surface area contributed by atoms with E-state index >= 15 is 0 Å². The van der Waals surface area contributed by atoms with Crippen LogP contribution in [0.15, 0.2) is 45.6 Å². The van der Waals surface area contributed by atoms with E-state index in [4.69, 9.17) is 4.74 Å². The van der Waals surface area contributed by atoms with E-state index in [1.165, 1.54) is 18.4 Å². The summed E-state index contributed by atoms with van der Waals surface area (Å²) in [4.78, 5) is 11.4. The monoisotopic (exact) mass is 191 g/mol. The molecule has 0 aromatic carbocycles. The SMILES string of the molecule is CC1=C[C](O)C(=C2C=CN=N2)C(=O)O1. The van der Waals surface area contributed by atoms with Crippen LogP contribution in [-0.4, -0.2) is 11.1 Å². The first-order valence-electron chi connectivity index (χ1n) is 3.97. The van der Waals surface area contributed by atoms with Crippen LogP contribution in [0, 0.1) is 6.10 Å². The molecule has 14 heavy (non-hydrogen) atoms. The minimum absolute atomic E-state index is 0.0492. The Kier molecular flexibility index (Phi) is 2.01. The van der Waals surface area contributed by atoms with Crippen molar-refractivity contribution < 1.29 is 14.6 Å². The van der Waals surface area contributed by atoms with Crippen molar-refractivity contribution in [3.63, 3.8) is 0 Å². The van der Waals surface area contributed by atoms with Crippen molar-refractivity contribution in [1.82, 2.24) is 0 Å². The van der Waals surface area contributed by atoms with Gasteiger partial charge < -0.3 is 9.84 Å². The standard InChI is InChI=1S/C9H7N2O3/c1-5-4-7(12)8(9(13)14-5)6-2-3-10-11-6/h2-4,12H,1H3. The van der Waals surface area contributed by atoms with Crippen molar-refractivity contribution in [2.45, 2.75) is 6.92 Å². The zero-order chi connectivity index (χ0) is 10.1. The van der Waals surface area contributed by atoms with Gasteiger partial charge in [-0.3, -0.25) is 0 Å². The zero-order valence-electron chi connectivity index (χ0n) is 7.39. The molecule has 5 heteroatoms. The van der Waals surface area contributed by atoms with Crippen LogP contribution in [0.4, 0.5) is 0 Å². The Morgan fingerprint density at radius 1 is 1.50 bits per heavy atom. The number of ether oxygens (including phenoxy) is 1. The predicted octanol–water partition coefficient (Wildman–Crippen LogP) is 1.59. The molecule has 0 aromatic rings. The second kappa shape index (κ2) is 3.19. The number of carbonyl (C=O) groups excluding carboxylic acids is 1. The van der Waals surface area contributed by atoms with Crippen molar-refractivity contribution in [3.05, 3.63) is 41.5 Å². The topological polar surface area (TPSA) is 71.2 Å². The number of carbonyl (C=O) groups is 1. The van der Waals surface area contributed by atoms with Gasteiger partial charge in [0.1, 0.15) is 17.0 Å². The molecule has 0 saturated carbocycles. The maximum atomic E-state index is 11.4. The molecule has 2 rings (SSSR count). The minimum atomic E-state index is -0.608. The van der Waals surface area contributed by atoms with Crippen molar-refractivity contribution >= 4 is 5.97 Å². The number of allylic oxidation sites excluding steroid dienone is 2. The Morgan fingerprint density at radius 3 is 2.86 bits per heavy atom. The highest BCUT2D eigenvalue weighted by molar-refractivity contribution is 5.95. The fourth-order valence-electron chi connectivity index (χ4n) is 1.20. The van der Waals surface area contributed by atoms with E-state index in [-0.39, 0.29) is 11.7 Å². The molecule has 0 amide bonds. The Bertz CT molecular complexity index is 390. The molecule has 2 aliphatic rings. The number of aliphatic hydroxyl groups is 1. The van der Waals surface area contributed by atoms with Crippen LogP contribution >= 0.6 is 0 Å². The van der Waals surface area contributed by atoms with E-state index in [1.807, 2.05) is 0 Å². The summed E-state index contributed by atoms with van der Waals surface area (Å²) in [6, 6.07) is 0. The van der Waals surface area contributed by atoms with Gasteiger partial charge in [-0.2, -0.15) is 10.2 Å². The molecule has 2 heterocycles. The van der Waals surface area contributed by atoms with Gasteiger partial charge in [-0.25, -0.2) is 4.79 Å². The molecule has 0 atom stereocenters. The Hall–Kier alpha value is -1.75. The molecule has 0 spiro atoms. The predicted molar refractivity (Wildman–Crippen MR) is 46.0 cm³/mol. The molecule has 0 fully saturated rings. The van der Waals surface area contributed by atoms with Crippen LogP contribution in [0.5, 0.6) is 0 Å². The van der Waals surface area contributed by atoms with Crippen molar-refractivity contribution in [1.29, 1.82) is 0 Å². The van der Waals surface area contributed by atoms with Gasteiger partial charge in [-0.1, -0.05) is 0 Å². The number of aliphatic hydroxyl groups excluding tert-OH is 1. The lowest BCUT2D eigenvalue weighted by molar-refractivity contribution is -0.136. The van der Waals surface area contributed by atoms with E-state index in [0.717, 1.165) is 0 Å². The largest absolute Gasteiger partial charge is 0.428 e. The summed E-state index contributed by atoms with van der Waals surface area (Å²) in [5.41, 5.74) is 0.365. The summed E-state index contributed by atoms with van der Waals surface area (Å²) >= 11 is 0. The summed E-state index contributed by atoms with van der Waals surface area (Å²) in [5.74, 6) is -0.251. The Labute approximate surface area is 80.1 Å². The first-order chi connectivity index (χ1) is 6.68. The summed E-state index contributed by atoms with van der Waals surface area (Å²) in [5, 5.41) is 16.7. The fourth-order valence-corrected chi connectivity index (χ4v) is 1.20. The molecule has 1 radical (unpaired) electrons. The van der Waals surface area contributed by atoms with E-state index in [2.05, 4.69) is 10.2 Å². The second-order valence-corrected chi connectivity index (χ2v) is 2.82. The highest BCUT2D eigenvalue weighted by Crippen LogP contribution is 2.28. The number of hydrogen-bond acceptors (Lipinski definition) is 5. The molecule has 0 unspecified atom stereocenters. The van der Waals surface area contributed by atoms with Gasteiger partial charge >= 0.3 is 5.97 Å². The van der Waals surface area contributed by atoms with Gasteiger partial charge in [-0.05, 0) is 19.1 Å². The Balaban J connectivity index is 2.46. The van der Waals surface area contributed by atoms with Gasteiger partial charge in [0.05, 0.1) is 6.20 Å². The molecule has 1 N–H and O–H groups in total. The van der Waals surface area contributed by atoms with Crippen molar-refractivity contribution in [3.8, 4) is 0 Å². The van der Waals surface area contributed by atoms with Gasteiger partial charge in [0.25, 0.3) is 0 Å². The van der Waals surface area contributed by atoms with Crippen LogP contribution < -0.4 is 0 Å². The van der Waals surface area contributed by atoms with Crippen LogP contribution in [0.1, 0.15) is 6.92 Å². The quantitative estimate of drug-likeness (QED) is 0.466. The van der Waals surface area contributed by atoms with Crippen LogP contribution in [0.3, 0.4) is 0 Å². The lowest BCUT2D eigenvalue weighted by Crippen LogP contribution is -2.19. The molecular weight excluding hydrogens is 184 g/mol. The fraction of sp³-hybridized carbons (Fsp3) is 0.111. The lowest BCUT2D eigenvalue weighted by Gasteiger charge is -2.16. The number of cyclic esters (lactones) is 1. The summed E-state index contributed by atoms with van der Waals surface area (Å²) in [7, 11) is 0. The maximum absolute atomic E-state index is 11.4. The van der Waals surface area contributed by atoms with Crippen molar-refractivity contribution in [2.75, 3.05) is 0 Å². The molecule has 5 nitrogen and oxygen atoms in total. The number of azo groups is 1. The van der Waals surface area contributed by atoms with E-state index < -0.39 is 5.97 Å². The molecule has 71 valence electrons. The van der Waals surface area contributed by atoms with Crippen molar-refractivity contribution in [2.24, 2.45) is 10.2 Å². The number of hydrogen-bond donors (Lipinski definition) is 1. The van der Waals surface area contributed by atoms with Crippen LogP contribution in [0.25, 0.3) is 0 Å². The number of esters is 1. The van der Waals surface area contributed by atoms with E-state index in [9.17, 15) is 9.90 Å². The minimum Gasteiger partial charge on any atom is -0.428 e. The third kappa shape index (κ3) is 1.38. The van der Waals surface area contributed by atoms with Crippen LogP contribution in [-0.2, 0) is 9.53 Å². The van der Waals surface area contributed by atoms with E-state index in [0.29, 0.717) is 11.5 Å². The molecule has 0 aromatic heterocycles. The molecule has 0 bridgehead atoms. The van der Waals surface area contributed by atoms with Gasteiger partial charge in [-0.15, -0.1) is 0 Å². The maximum Gasteiger partial charge on any atom is 0.344 e. The third-order valence-electron chi connectivity index (χ3n) is 1.77.